The van der Waals surface area contributed by atoms with E-state index in [1.807, 2.05) is 6.92 Å². The summed E-state index contributed by atoms with van der Waals surface area (Å²) in [6.45, 7) is 2.94. The Hall–Kier alpha value is -1.14. The van der Waals surface area contributed by atoms with Gasteiger partial charge < -0.3 is 10.1 Å². The number of ether oxygens (including phenoxy) is 1. The number of hydrazine groups is 1. The van der Waals surface area contributed by atoms with Gasteiger partial charge in [-0.05, 0) is 19.8 Å². The Kier molecular flexibility index (Phi) is 3.43. The lowest BCUT2D eigenvalue weighted by molar-refractivity contribution is -0.139. The van der Waals surface area contributed by atoms with Crippen LogP contribution in [0.4, 0.5) is 0 Å². The fourth-order valence-electron chi connectivity index (χ4n) is 1.39. The summed E-state index contributed by atoms with van der Waals surface area (Å²) in [5.41, 5.74) is 1.42. The molecule has 0 aromatic heterocycles. The van der Waals surface area contributed by atoms with Crippen LogP contribution in [0, 0.1) is 0 Å². The second-order valence-corrected chi connectivity index (χ2v) is 3.56. The molecule has 1 unspecified atom stereocenters. The molecular weight excluding hydrogens is 186 g/mol. The minimum atomic E-state index is -0.841. The molecule has 0 radical (unpaired) electrons. The highest BCUT2D eigenvalue weighted by Gasteiger charge is 2.30. The monoisotopic (exact) mass is 201 g/mol. The third kappa shape index (κ3) is 2.68. The lowest BCUT2D eigenvalue weighted by Gasteiger charge is -2.22. The van der Waals surface area contributed by atoms with Crippen LogP contribution in [0.25, 0.3) is 0 Å². The standard InChI is InChI=1S/C8H15N3O3/c1-8(3-2-4-14-8)5-10-6(12)7(13)11-9/h2-5,9H2,1H3,(H,10,12)(H,11,13). The second kappa shape index (κ2) is 4.39. The van der Waals surface area contributed by atoms with Crippen LogP contribution < -0.4 is 16.6 Å². The second-order valence-electron chi connectivity index (χ2n) is 3.56. The number of hydrogen-bond acceptors (Lipinski definition) is 4. The van der Waals surface area contributed by atoms with Gasteiger partial charge in [-0.1, -0.05) is 0 Å². The molecule has 0 spiro atoms. The molecular formula is C8H15N3O3. The van der Waals surface area contributed by atoms with E-state index in [9.17, 15) is 9.59 Å². The van der Waals surface area contributed by atoms with E-state index in [4.69, 9.17) is 10.6 Å². The van der Waals surface area contributed by atoms with Gasteiger partial charge in [0.25, 0.3) is 0 Å². The summed E-state index contributed by atoms with van der Waals surface area (Å²) in [5.74, 6) is 3.22. The van der Waals surface area contributed by atoms with Crippen LogP contribution in [0.15, 0.2) is 0 Å². The van der Waals surface area contributed by atoms with Gasteiger partial charge in [0.1, 0.15) is 0 Å². The van der Waals surface area contributed by atoms with E-state index >= 15 is 0 Å². The number of carbonyl (C=O) groups excluding carboxylic acids is 2. The average molecular weight is 201 g/mol. The van der Waals surface area contributed by atoms with Gasteiger partial charge in [-0.3, -0.25) is 15.0 Å². The van der Waals surface area contributed by atoms with Crippen LogP contribution in [0.5, 0.6) is 0 Å². The summed E-state index contributed by atoms with van der Waals surface area (Å²) < 4.78 is 5.43. The van der Waals surface area contributed by atoms with Gasteiger partial charge in [-0.25, -0.2) is 5.84 Å². The van der Waals surface area contributed by atoms with Crippen LogP contribution >= 0.6 is 0 Å². The normalized spacial score (nSPS) is 25.9. The molecule has 6 heteroatoms. The lowest BCUT2D eigenvalue weighted by atomic mass is 10.0. The number of hydrogen-bond donors (Lipinski definition) is 3. The van der Waals surface area contributed by atoms with Gasteiger partial charge in [-0.2, -0.15) is 0 Å². The topological polar surface area (TPSA) is 93.5 Å². The molecule has 0 saturated carbocycles. The Morgan fingerprint density at radius 2 is 2.21 bits per heavy atom. The maximum atomic E-state index is 11.0. The summed E-state index contributed by atoms with van der Waals surface area (Å²) in [4.78, 5) is 21.7. The molecule has 0 aromatic rings. The molecule has 1 saturated heterocycles. The largest absolute Gasteiger partial charge is 0.373 e. The highest BCUT2D eigenvalue weighted by molar-refractivity contribution is 6.34. The van der Waals surface area contributed by atoms with Crippen LogP contribution in [0.3, 0.4) is 0 Å². The van der Waals surface area contributed by atoms with Crippen LogP contribution in [0.2, 0.25) is 0 Å². The smallest absolute Gasteiger partial charge is 0.323 e. The minimum Gasteiger partial charge on any atom is -0.373 e. The van der Waals surface area contributed by atoms with Crippen molar-refractivity contribution in [3.8, 4) is 0 Å². The molecule has 0 bridgehead atoms. The molecule has 1 heterocycles. The van der Waals surface area contributed by atoms with Gasteiger partial charge in [0, 0.05) is 13.2 Å². The molecule has 0 aliphatic carbocycles. The molecule has 1 aliphatic heterocycles. The van der Waals surface area contributed by atoms with Crippen molar-refractivity contribution in [2.45, 2.75) is 25.4 Å². The van der Waals surface area contributed by atoms with Crippen LogP contribution in [-0.4, -0.2) is 30.6 Å². The lowest BCUT2D eigenvalue weighted by Crippen LogP contribution is -2.47. The molecule has 1 atom stereocenters. The van der Waals surface area contributed by atoms with Crippen molar-refractivity contribution in [2.75, 3.05) is 13.2 Å². The number of nitrogens with two attached hydrogens (primary N) is 1. The molecule has 6 nitrogen and oxygen atoms in total. The SMILES string of the molecule is CC1(CNC(=O)C(=O)NN)CCCO1. The van der Waals surface area contributed by atoms with Crippen molar-refractivity contribution in [1.29, 1.82) is 0 Å². The van der Waals surface area contributed by atoms with Gasteiger partial charge in [0.2, 0.25) is 0 Å². The Bertz CT molecular complexity index is 236. The van der Waals surface area contributed by atoms with Crippen molar-refractivity contribution in [3.63, 3.8) is 0 Å². The molecule has 1 fully saturated rings. The molecule has 2 amide bonds. The summed E-state index contributed by atoms with van der Waals surface area (Å²) >= 11 is 0. The number of nitrogens with one attached hydrogen (secondary N) is 2. The van der Waals surface area contributed by atoms with Crippen molar-refractivity contribution in [2.24, 2.45) is 5.84 Å². The number of carbonyl (C=O) groups is 2. The fraction of sp³-hybridized carbons (Fsp3) is 0.750. The van der Waals surface area contributed by atoms with Gasteiger partial charge in [0.05, 0.1) is 5.60 Å². The zero-order valence-corrected chi connectivity index (χ0v) is 8.13. The number of amides is 2. The first-order valence-electron chi connectivity index (χ1n) is 4.50. The van der Waals surface area contributed by atoms with E-state index in [2.05, 4.69) is 5.32 Å². The molecule has 4 N–H and O–H groups in total. The summed E-state index contributed by atoms with van der Waals surface area (Å²) in [5, 5.41) is 2.46. The highest BCUT2D eigenvalue weighted by Crippen LogP contribution is 2.23. The molecule has 0 aromatic carbocycles. The number of rotatable bonds is 2. The minimum absolute atomic E-state index is 0.333. The van der Waals surface area contributed by atoms with Gasteiger partial charge >= 0.3 is 11.8 Å². The molecule has 14 heavy (non-hydrogen) atoms. The first kappa shape index (κ1) is 10.9. The van der Waals surface area contributed by atoms with E-state index in [0.717, 1.165) is 12.8 Å². The molecule has 80 valence electrons. The van der Waals surface area contributed by atoms with E-state index in [1.54, 1.807) is 5.43 Å². The predicted molar refractivity (Wildman–Crippen MR) is 48.9 cm³/mol. The zero-order chi connectivity index (χ0) is 10.6. The quantitative estimate of drug-likeness (QED) is 0.223. The first-order valence-corrected chi connectivity index (χ1v) is 4.50. The Morgan fingerprint density at radius 1 is 1.50 bits per heavy atom. The predicted octanol–water partition coefficient (Wildman–Crippen LogP) is -1.34. The van der Waals surface area contributed by atoms with Crippen molar-refractivity contribution < 1.29 is 14.3 Å². The van der Waals surface area contributed by atoms with E-state index in [-0.39, 0.29) is 5.60 Å². The Morgan fingerprint density at radius 3 is 2.71 bits per heavy atom. The third-order valence-electron chi connectivity index (χ3n) is 2.26. The molecule has 1 rings (SSSR count). The zero-order valence-electron chi connectivity index (χ0n) is 8.13. The maximum Gasteiger partial charge on any atom is 0.323 e. The summed E-state index contributed by atoms with van der Waals surface area (Å²) in [6.07, 6.45) is 1.87. The van der Waals surface area contributed by atoms with Crippen molar-refractivity contribution in [1.82, 2.24) is 10.7 Å². The molecule has 1 aliphatic rings. The van der Waals surface area contributed by atoms with Crippen LogP contribution in [-0.2, 0) is 14.3 Å². The fourth-order valence-corrected chi connectivity index (χ4v) is 1.39. The summed E-state index contributed by atoms with van der Waals surface area (Å²) in [6, 6.07) is 0. The Balaban J connectivity index is 2.32. The van der Waals surface area contributed by atoms with Crippen molar-refractivity contribution >= 4 is 11.8 Å². The summed E-state index contributed by atoms with van der Waals surface area (Å²) in [7, 11) is 0. The van der Waals surface area contributed by atoms with Gasteiger partial charge in [0.15, 0.2) is 0 Å². The highest BCUT2D eigenvalue weighted by atomic mass is 16.5. The van der Waals surface area contributed by atoms with E-state index in [0.29, 0.717) is 13.2 Å². The third-order valence-corrected chi connectivity index (χ3v) is 2.26. The van der Waals surface area contributed by atoms with Crippen LogP contribution in [0.1, 0.15) is 19.8 Å². The first-order chi connectivity index (χ1) is 6.57. The van der Waals surface area contributed by atoms with E-state index in [1.165, 1.54) is 0 Å². The van der Waals surface area contributed by atoms with E-state index < -0.39 is 11.8 Å². The Labute approximate surface area is 82.1 Å². The average Bonchev–Trinajstić information content (AvgIpc) is 2.61. The van der Waals surface area contributed by atoms with Crippen molar-refractivity contribution in [3.05, 3.63) is 0 Å². The maximum absolute atomic E-state index is 11.0. The van der Waals surface area contributed by atoms with Gasteiger partial charge in [-0.15, -0.1) is 0 Å².